The van der Waals surface area contributed by atoms with E-state index in [-0.39, 0.29) is 0 Å². The topological polar surface area (TPSA) is 26.3 Å². The van der Waals surface area contributed by atoms with Crippen LogP contribution < -0.4 is 0 Å². The molecule has 0 unspecified atom stereocenters. The summed E-state index contributed by atoms with van der Waals surface area (Å²) in [7, 11) is 0.918. The molecular weight excluding hydrogens is 226 g/mol. The number of carbonyl (C=O) groups excluding carboxylic acids is 1. The maximum absolute atomic E-state index is 13.2. The van der Waals surface area contributed by atoms with Crippen LogP contribution in [0.1, 0.15) is 11.1 Å². The van der Waals surface area contributed by atoms with E-state index in [2.05, 4.69) is 11.3 Å². The molecule has 0 heterocycles. The minimum Gasteiger partial charge on any atom is -0.464 e. The second-order valence-corrected chi connectivity index (χ2v) is 3.28. The summed E-state index contributed by atoms with van der Waals surface area (Å²) in [6, 6.07) is 6.87. The number of halogens is 2. The molecule has 0 saturated carbocycles. The van der Waals surface area contributed by atoms with Crippen LogP contribution in [0.5, 0.6) is 0 Å². The zero-order valence-electron chi connectivity index (χ0n) is 9.32. The molecule has 0 aliphatic rings. The van der Waals surface area contributed by atoms with Gasteiger partial charge in [0.25, 0.3) is 0 Å². The molecule has 0 N–H and O–H groups in total. The second kappa shape index (κ2) is 5.39. The molecule has 0 saturated heterocycles. The van der Waals surface area contributed by atoms with Gasteiger partial charge in [0.15, 0.2) is 0 Å². The lowest BCUT2D eigenvalue weighted by Gasteiger charge is -2.08. The van der Waals surface area contributed by atoms with Crippen molar-refractivity contribution in [3.63, 3.8) is 0 Å². The average molecular weight is 238 g/mol. The van der Waals surface area contributed by atoms with Crippen LogP contribution in [0, 0.1) is 0 Å². The molecule has 0 bridgehead atoms. The molecule has 0 amide bonds. The first-order chi connectivity index (χ1) is 8.01. The average Bonchev–Trinajstić information content (AvgIpc) is 2.35. The Bertz CT molecular complexity index is 450. The number of hydrogen-bond donors (Lipinski definition) is 0. The van der Waals surface area contributed by atoms with Gasteiger partial charge in [0.1, 0.15) is 0 Å². The van der Waals surface area contributed by atoms with Gasteiger partial charge in [-0.1, -0.05) is 43.0 Å². The van der Waals surface area contributed by atoms with Gasteiger partial charge in [-0.3, -0.25) is 0 Å². The first kappa shape index (κ1) is 13.1. The first-order valence-corrected chi connectivity index (χ1v) is 4.88. The van der Waals surface area contributed by atoms with Crippen molar-refractivity contribution in [2.24, 2.45) is 0 Å². The fourth-order valence-electron chi connectivity index (χ4n) is 1.25. The number of esters is 1. The molecule has 0 aliphatic carbocycles. The van der Waals surface area contributed by atoms with Crippen molar-refractivity contribution in [2.75, 3.05) is 7.11 Å². The number of rotatable bonds is 4. The van der Waals surface area contributed by atoms with E-state index in [1.165, 1.54) is 6.08 Å². The third kappa shape index (κ3) is 3.24. The van der Waals surface area contributed by atoms with Crippen LogP contribution in [0.4, 0.5) is 8.78 Å². The predicted molar refractivity (Wildman–Crippen MR) is 62.5 cm³/mol. The SMILES string of the molecule is C=Cc1ccccc1/C=C/C(F)(F)C(=O)OC. The highest BCUT2D eigenvalue weighted by molar-refractivity contribution is 5.81. The smallest absolute Gasteiger partial charge is 0.381 e. The molecule has 0 aromatic heterocycles. The normalized spacial score (nSPS) is 11.5. The van der Waals surface area contributed by atoms with E-state index in [0.717, 1.165) is 7.11 Å². The summed E-state index contributed by atoms with van der Waals surface area (Å²) >= 11 is 0. The van der Waals surface area contributed by atoms with E-state index in [0.29, 0.717) is 17.2 Å². The number of hydrogen-bond acceptors (Lipinski definition) is 2. The van der Waals surface area contributed by atoms with Crippen molar-refractivity contribution in [3.05, 3.63) is 48.0 Å². The monoisotopic (exact) mass is 238 g/mol. The lowest BCUT2D eigenvalue weighted by molar-refractivity contribution is -0.161. The largest absolute Gasteiger partial charge is 0.464 e. The highest BCUT2D eigenvalue weighted by Crippen LogP contribution is 2.20. The Labute approximate surface area is 98.2 Å². The summed E-state index contributed by atoms with van der Waals surface area (Å²) in [5, 5.41) is 0. The van der Waals surface area contributed by atoms with Crippen LogP contribution in [-0.2, 0) is 9.53 Å². The number of alkyl halides is 2. The zero-order valence-corrected chi connectivity index (χ0v) is 9.32. The quantitative estimate of drug-likeness (QED) is 0.753. The highest BCUT2D eigenvalue weighted by Gasteiger charge is 2.36. The Morgan fingerprint density at radius 1 is 1.35 bits per heavy atom. The number of benzene rings is 1. The molecular formula is C13H12F2O2. The lowest BCUT2D eigenvalue weighted by atomic mass is 10.1. The van der Waals surface area contributed by atoms with Crippen LogP contribution in [0.3, 0.4) is 0 Å². The van der Waals surface area contributed by atoms with Gasteiger partial charge in [-0.15, -0.1) is 0 Å². The zero-order chi connectivity index (χ0) is 12.9. The Morgan fingerprint density at radius 3 is 2.47 bits per heavy atom. The molecule has 1 aromatic carbocycles. The summed E-state index contributed by atoms with van der Waals surface area (Å²) in [5.74, 6) is -5.20. The molecule has 0 spiro atoms. The van der Waals surface area contributed by atoms with Crippen LogP contribution >= 0.6 is 0 Å². The van der Waals surface area contributed by atoms with E-state index in [1.807, 2.05) is 0 Å². The van der Waals surface area contributed by atoms with Crippen LogP contribution in [0.25, 0.3) is 12.2 Å². The van der Waals surface area contributed by atoms with Crippen molar-refractivity contribution < 1.29 is 18.3 Å². The fourth-order valence-corrected chi connectivity index (χ4v) is 1.25. The summed E-state index contributed by atoms with van der Waals surface area (Å²) < 4.78 is 30.3. The van der Waals surface area contributed by atoms with Crippen LogP contribution in [0.15, 0.2) is 36.9 Å². The van der Waals surface area contributed by atoms with Crippen molar-refractivity contribution in [1.82, 2.24) is 0 Å². The van der Waals surface area contributed by atoms with Crippen molar-refractivity contribution >= 4 is 18.1 Å². The Kier molecular flexibility index (Phi) is 4.15. The molecule has 1 aromatic rings. The van der Waals surface area contributed by atoms with Gasteiger partial charge in [0, 0.05) is 0 Å². The van der Waals surface area contributed by atoms with Gasteiger partial charge in [-0.2, -0.15) is 8.78 Å². The third-order valence-corrected chi connectivity index (χ3v) is 2.15. The fraction of sp³-hybridized carbons (Fsp3) is 0.154. The lowest BCUT2D eigenvalue weighted by Crippen LogP contribution is -2.27. The Morgan fingerprint density at radius 2 is 1.94 bits per heavy atom. The third-order valence-electron chi connectivity index (χ3n) is 2.15. The van der Waals surface area contributed by atoms with E-state index < -0.39 is 11.9 Å². The summed E-state index contributed by atoms with van der Waals surface area (Å²) in [5.41, 5.74) is 1.27. The van der Waals surface area contributed by atoms with Crippen LogP contribution in [0.2, 0.25) is 0 Å². The van der Waals surface area contributed by atoms with Gasteiger partial charge in [-0.05, 0) is 17.2 Å². The summed E-state index contributed by atoms with van der Waals surface area (Å²) in [6.07, 6.45) is 3.24. The Hall–Kier alpha value is -1.97. The Balaban J connectivity index is 2.97. The molecule has 0 aliphatic heterocycles. The molecule has 2 nitrogen and oxygen atoms in total. The maximum atomic E-state index is 13.2. The molecule has 17 heavy (non-hydrogen) atoms. The minimum atomic E-state index is -3.62. The van der Waals surface area contributed by atoms with Gasteiger partial charge >= 0.3 is 11.9 Å². The van der Waals surface area contributed by atoms with Gasteiger partial charge in [-0.25, -0.2) is 4.79 Å². The van der Waals surface area contributed by atoms with Gasteiger partial charge in [0.2, 0.25) is 0 Å². The van der Waals surface area contributed by atoms with E-state index in [9.17, 15) is 13.6 Å². The highest BCUT2D eigenvalue weighted by atomic mass is 19.3. The van der Waals surface area contributed by atoms with Crippen LogP contribution in [-0.4, -0.2) is 19.0 Å². The van der Waals surface area contributed by atoms with Crippen molar-refractivity contribution in [2.45, 2.75) is 5.92 Å². The van der Waals surface area contributed by atoms with E-state index in [4.69, 9.17) is 0 Å². The standard InChI is InChI=1S/C13H12F2O2/c1-3-10-6-4-5-7-11(10)8-9-13(14,15)12(16)17-2/h3-9H,1H2,2H3/b9-8+. The number of methoxy groups -OCH3 is 1. The molecule has 0 fully saturated rings. The number of carbonyl (C=O) groups is 1. The molecule has 1 rings (SSSR count). The molecule has 90 valence electrons. The van der Waals surface area contributed by atoms with E-state index >= 15 is 0 Å². The molecule has 0 radical (unpaired) electrons. The van der Waals surface area contributed by atoms with Crippen molar-refractivity contribution in [3.8, 4) is 0 Å². The molecule has 4 heteroatoms. The van der Waals surface area contributed by atoms with E-state index in [1.54, 1.807) is 30.3 Å². The summed E-state index contributed by atoms with van der Waals surface area (Å²) in [4.78, 5) is 10.8. The predicted octanol–water partition coefficient (Wildman–Crippen LogP) is 3.15. The van der Waals surface area contributed by atoms with Gasteiger partial charge in [0.05, 0.1) is 7.11 Å². The first-order valence-electron chi connectivity index (χ1n) is 4.88. The number of ether oxygens (including phenoxy) is 1. The van der Waals surface area contributed by atoms with Crippen molar-refractivity contribution in [1.29, 1.82) is 0 Å². The minimum absolute atomic E-state index is 0.515. The summed E-state index contributed by atoms with van der Waals surface area (Å²) in [6.45, 7) is 3.57. The second-order valence-electron chi connectivity index (χ2n) is 3.28. The molecule has 0 atom stereocenters. The maximum Gasteiger partial charge on any atom is 0.381 e. The van der Waals surface area contributed by atoms with Gasteiger partial charge < -0.3 is 4.74 Å².